The minimum absolute atomic E-state index is 0.0156. The highest BCUT2D eigenvalue weighted by Gasteiger charge is 2.40. The Kier molecular flexibility index (Phi) is 5.22. The Morgan fingerprint density at radius 2 is 1.84 bits per heavy atom. The van der Waals surface area contributed by atoms with Gasteiger partial charge in [-0.2, -0.15) is 0 Å². The number of amides is 1. The highest BCUT2D eigenvalue weighted by Crippen LogP contribution is 2.29. The summed E-state index contributed by atoms with van der Waals surface area (Å²) in [6, 6.07) is 1.07. The maximum atomic E-state index is 12.4. The van der Waals surface area contributed by atoms with Crippen molar-refractivity contribution in [2.45, 2.75) is 70.0 Å². The van der Waals surface area contributed by atoms with Gasteiger partial charge in [0.1, 0.15) is 0 Å². The summed E-state index contributed by atoms with van der Waals surface area (Å²) in [6.45, 7) is 3.72. The minimum Gasteiger partial charge on any atom is -0.343 e. The number of nitrogens with two attached hydrogens (primary N) is 1. The van der Waals surface area contributed by atoms with Crippen molar-refractivity contribution >= 4 is 5.91 Å². The van der Waals surface area contributed by atoms with Gasteiger partial charge in [0.25, 0.3) is 0 Å². The molecule has 1 heterocycles. The van der Waals surface area contributed by atoms with Crippen LogP contribution in [0.15, 0.2) is 0 Å². The van der Waals surface area contributed by atoms with Crippen LogP contribution in [0.2, 0.25) is 0 Å². The van der Waals surface area contributed by atoms with Crippen molar-refractivity contribution in [2.75, 3.05) is 20.1 Å². The zero-order valence-electron chi connectivity index (χ0n) is 12.5. The van der Waals surface area contributed by atoms with Gasteiger partial charge in [-0.25, -0.2) is 0 Å². The first-order valence-corrected chi connectivity index (χ1v) is 7.87. The number of nitrogens with zero attached hydrogens (tertiary/aromatic N) is 2. The molecule has 4 heteroatoms. The lowest BCUT2D eigenvalue weighted by atomic mass is 9.96. The van der Waals surface area contributed by atoms with Crippen molar-refractivity contribution in [3.8, 4) is 0 Å². The summed E-state index contributed by atoms with van der Waals surface area (Å²) >= 11 is 0. The largest absolute Gasteiger partial charge is 0.343 e. The zero-order valence-corrected chi connectivity index (χ0v) is 12.5. The Hall–Kier alpha value is -0.610. The van der Waals surface area contributed by atoms with E-state index in [2.05, 4.69) is 11.8 Å². The van der Waals surface area contributed by atoms with Crippen molar-refractivity contribution in [1.29, 1.82) is 0 Å². The average molecular weight is 267 g/mol. The Morgan fingerprint density at radius 1 is 1.21 bits per heavy atom. The van der Waals surface area contributed by atoms with E-state index in [1.54, 1.807) is 0 Å². The molecule has 1 amide bonds. The fourth-order valence-electron chi connectivity index (χ4n) is 3.87. The Balaban J connectivity index is 2.14. The molecule has 0 aromatic carbocycles. The second kappa shape index (κ2) is 6.71. The number of hydrogen-bond acceptors (Lipinski definition) is 3. The molecule has 110 valence electrons. The molecule has 0 aromatic heterocycles. The van der Waals surface area contributed by atoms with E-state index in [1.165, 1.54) is 38.5 Å². The van der Waals surface area contributed by atoms with Crippen LogP contribution in [0.25, 0.3) is 0 Å². The molecule has 2 aliphatic rings. The monoisotopic (exact) mass is 267 g/mol. The molecule has 2 atom stereocenters. The second-order valence-corrected chi connectivity index (χ2v) is 6.25. The molecule has 1 aliphatic heterocycles. The van der Waals surface area contributed by atoms with Gasteiger partial charge < -0.3 is 10.6 Å². The summed E-state index contributed by atoms with van der Waals surface area (Å²) < 4.78 is 0. The quantitative estimate of drug-likeness (QED) is 0.790. The predicted octanol–water partition coefficient (Wildman–Crippen LogP) is 1.59. The summed E-state index contributed by atoms with van der Waals surface area (Å²) in [5.74, 6) is 0.271. The third-order valence-corrected chi connectivity index (χ3v) is 4.75. The van der Waals surface area contributed by atoms with Gasteiger partial charge in [-0.15, -0.1) is 0 Å². The number of rotatable bonds is 3. The smallest absolute Gasteiger partial charge is 0.239 e. The van der Waals surface area contributed by atoms with Gasteiger partial charge in [-0.05, 0) is 32.7 Å². The van der Waals surface area contributed by atoms with Crippen molar-refractivity contribution in [3.63, 3.8) is 0 Å². The summed E-state index contributed by atoms with van der Waals surface area (Å²) in [7, 11) is 1.92. The molecule has 2 N–H and O–H groups in total. The fraction of sp³-hybridized carbons (Fsp3) is 0.933. The van der Waals surface area contributed by atoms with Crippen LogP contribution in [-0.4, -0.2) is 54.0 Å². The van der Waals surface area contributed by atoms with Gasteiger partial charge in [-0.1, -0.05) is 25.7 Å². The van der Waals surface area contributed by atoms with Gasteiger partial charge in [-0.3, -0.25) is 9.69 Å². The van der Waals surface area contributed by atoms with Crippen molar-refractivity contribution in [3.05, 3.63) is 0 Å². The SMILES string of the molecule is CC1CN(C)C(=O)C(CCN)N1C1CCCCCC1. The van der Waals surface area contributed by atoms with Crippen LogP contribution in [0.5, 0.6) is 0 Å². The third kappa shape index (κ3) is 3.29. The molecule has 4 nitrogen and oxygen atoms in total. The number of carbonyl (C=O) groups excluding carboxylic acids is 1. The molecule has 0 spiro atoms. The van der Waals surface area contributed by atoms with E-state index >= 15 is 0 Å². The average Bonchev–Trinajstić information content (AvgIpc) is 2.65. The number of piperazine rings is 1. The molecule has 1 saturated heterocycles. The lowest BCUT2D eigenvalue weighted by Gasteiger charge is -2.47. The van der Waals surface area contributed by atoms with Crippen LogP contribution >= 0.6 is 0 Å². The topological polar surface area (TPSA) is 49.6 Å². The van der Waals surface area contributed by atoms with Crippen molar-refractivity contribution in [2.24, 2.45) is 5.73 Å². The van der Waals surface area contributed by atoms with Gasteiger partial charge in [0.15, 0.2) is 0 Å². The van der Waals surface area contributed by atoms with E-state index < -0.39 is 0 Å². The number of hydrogen-bond donors (Lipinski definition) is 1. The summed E-state index contributed by atoms with van der Waals surface area (Å²) in [6.07, 6.45) is 8.64. The van der Waals surface area contributed by atoms with Crippen molar-refractivity contribution < 1.29 is 4.79 Å². The van der Waals surface area contributed by atoms with E-state index in [4.69, 9.17) is 5.73 Å². The molecule has 0 aromatic rings. The van der Waals surface area contributed by atoms with Crippen LogP contribution in [0.4, 0.5) is 0 Å². The molecule has 0 bridgehead atoms. The Morgan fingerprint density at radius 3 is 2.42 bits per heavy atom. The Labute approximate surface area is 117 Å². The second-order valence-electron chi connectivity index (χ2n) is 6.25. The molecule has 1 aliphatic carbocycles. The summed E-state index contributed by atoms with van der Waals surface area (Å²) in [5.41, 5.74) is 5.74. The normalized spacial score (nSPS) is 31.5. The molecular formula is C15H29N3O. The first kappa shape index (κ1) is 14.8. The molecule has 0 radical (unpaired) electrons. The predicted molar refractivity (Wildman–Crippen MR) is 77.9 cm³/mol. The van der Waals surface area contributed by atoms with Crippen LogP contribution in [0.3, 0.4) is 0 Å². The summed E-state index contributed by atoms with van der Waals surface area (Å²) in [5, 5.41) is 0. The lowest BCUT2D eigenvalue weighted by molar-refractivity contribution is -0.145. The van der Waals surface area contributed by atoms with Gasteiger partial charge in [0.05, 0.1) is 6.04 Å². The van der Waals surface area contributed by atoms with Crippen LogP contribution < -0.4 is 5.73 Å². The molecule has 1 saturated carbocycles. The van der Waals surface area contributed by atoms with E-state index in [9.17, 15) is 4.79 Å². The lowest BCUT2D eigenvalue weighted by Crippen LogP contribution is -2.63. The van der Waals surface area contributed by atoms with Gasteiger partial charge >= 0.3 is 0 Å². The van der Waals surface area contributed by atoms with E-state index in [-0.39, 0.29) is 11.9 Å². The van der Waals surface area contributed by atoms with Crippen LogP contribution in [0.1, 0.15) is 51.9 Å². The Bertz CT molecular complexity index is 300. The van der Waals surface area contributed by atoms with E-state index in [0.717, 1.165) is 13.0 Å². The standard InChI is InChI=1S/C15H29N3O/c1-12-11-17(2)15(19)14(9-10-16)18(12)13-7-5-3-4-6-8-13/h12-14H,3-11,16H2,1-2H3. The van der Waals surface area contributed by atoms with Gasteiger partial charge in [0, 0.05) is 25.7 Å². The van der Waals surface area contributed by atoms with Crippen LogP contribution in [0, 0.1) is 0 Å². The third-order valence-electron chi connectivity index (χ3n) is 4.75. The van der Waals surface area contributed by atoms with E-state index in [1.807, 2.05) is 11.9 Å². The molecular weight excluding hydrogens is 238 g/mol. The zero-order chi connectivity index (χ0) is 13.8. The minimum atomic E-state index is 0.0156. The highest BCUT2D eigenvalue weighted by molar-refractivity contribution is 5.82. The van der Waals surface area contributed by atoms with Gasteiger partial charge in [0.2, 0.25) is 5.91 Å². The number of likely N-dealkylation sites (N-methyl/N-ethyl adjacent to an activating group) is 1. The molecule has 2 fully saturated rings. The maximum absolute atomic E-state index is 12.4. The summed E-state index contributed by atoms with van der Waals surface area (Å²) in [4.78, 5) is 16.8. The highest BCUT2D eigenvalue weighted by atomic mass is 16.2. The van der Waals surface area contributed by atoms with Crippen LogP contribution in [-0.2, 0) is 4.79 Å². The van der Waals surface area contributed by atoms with E-state index in [0.29, 0.717) is 18.6 Å². The van der Waals surface area contributed by atoms with Crippen molar-refractivity contribution in [1.82, 2.24) is 9.80 Å². The molecule has 2 unspecified atom stereocenters. The number of carbonyl (C=O) groups is 1. The maximum Gasteiger partial charge on any atom is 0.239 e. The first-order chi connectivity index (χ1) is 9.15. The molecule has 2 rings (SSSR count). The fourth-order valence-corrected chi connectivity index (χ4v) is 3.87. The molecule has 19 heavy (non-hydrogen) atoms. The first-order valence-electron chi connectivity index (χ1n) is 7.87.